The van der Waals surface area contributed by atoms with Crippen molar-refractivity contribution in [2.45, 2.75) is 26.1 Å². The zero-order chi connectivity index (χ0) is 13.5. The van der Waals surface area contributed by atoms with Crippen LogP contribution in [0.2, 0.25) is 0 Å². The van der Waals surface area contributed by atoms with Crippen molar-refractivity contribution >= 4 is 9.84 Å². The molecule has 0 bridgehead atoms. The molecule has 17 heavy (non-hydrogen) atoms. The molecule has 0 aliphatic carbocycles. The third kappa shape index (κ3) is 10.5. The van der Waals surface area contributed by atoms with Gasteiger partial charge in [0.15, 0.2) is 9.84 Å². The molecule has 1 N–H and O–H groups in total. The Kier molecular flexibility index (Phi) is 7.03. The predicted octanol–water partition coefficient (Wildman–Crippen LogP) is 0.978. The highest BCUT2D eigenvalue weighted by Gasteiger charge is 2.27. The minimum Gasteiger partial charge on any atom is -0.371 e. The van der Waals surface area contributed by atoms with Crippen molar-refractivity contribution in [2.24, 2.45) is 0 Å². The first kappa shape index (κ1) is 16.7. The van der Waals surface area contributed by atoms with Gasteiger partial charge >= 0.3 is 6.18 Å². The molecule has 0 radical (unpaired) electrons. The molecule has 0 aromatic rings. The van der Waals surface area contributed by atoms with Gasteiger partial charge < -0.3 is 10.1 Å². The second kappa shape index (κ2) is 7.17. The third-order valence-corrected chi connectivity index (χ3v) is 3.84. The Morgan fingerprint density at radius 3 is 2.41 bits per heavy atom. The Bertz CT molecular complexity index is 303. The Morgan fingerprint density at radius 2 is 1.94 bits per heavy atom. The molecule has 0 aromatic heterocycles. The molecule has 0 heterocycles. The molecule has 104 valence electrons. The molecule has 4 nitrogen and oxygen atoms in total. The topological polar surface area (TPSA) is 55.4 Å². The zero-order valence-electron chi connectivity index (χ0n) is 9.88. The highest BCUT2D eigenvalue weighted by molar-refractivity contribution is 7.91. The Labute approximate surface area is 99.4 Å². The molecule has 1 atom stereocenters. The molecule has 0 saturated heterocycles. The minimum absolute atomic E-state index is 0.0250. The molecule has 0 amide bonds. The molecule has 0 saturated carbocycles. The number of halogens is 3. The number of hydrogen-bond donors (Lipinski definition) is 1. The highest BCUT2D eigenvalue weighted by Crippen LogP contribution is 2.13. The van der Waals surface area contributed by atoms with E-state index in [0.29, 0.717) is 0 Å². The fourth-order valence-electron chi connectivity index (χ4n) is 1.12. The summed E-state index contributed by atoms with van der Waals surface area (Å²) in [4.78, 5) is 0. The van der Waals surface area contributed by atoms with E-state index in [9.17, 15) is 21.6 Å². The maximum Gasteiger partial charge on any atom is 0.411 e. The SMILES string of the molecule is CCS(=O)(=O)CC(C)NCCOCC(F)(F)F. The summed E-state index contributed by atoms with van der Waals surface area (Å²) in [5.41, 5.74) is 0. The number of ether oxygens (including phenoxy) is 1. The molecule has 0 aliphatic heterocycles. The van der Waals surface area contributed by atoms with Gasteiger partial charge in [-0.15, -0.1) is 0 Å². The van der Waals surface area contributed by atoms with Gasteiger partial charge in [-0.2, -0.15) is 13.2 Å². The second-order valence-corrected chi connectivity index (χ2v) is 6.12. The summed E-state index contributed by atoms with van der Waals surface area (Å²) in [5, 5.41) is 2.79. The summed E-state index contributed by atoms with van der Waals surface area (Å²) in [6.07, 6.45) is -4.32. The van der Waals surface area contributed by atoms with Gasteiger partial charge in [0.25, 0.3) is 0 Å². The van der Waals surface area contributed by atoms with E-state index in [1.807, 2.05) is 0 Å². The van der Waals surface area contributed by atoms with Crippen molar-refractivity contribution in [3.63, 3.8) is 0 Å². The maximum atomic E-state index is 11.7. The van der Waals surface area contributed by atoms with E-state index in [-0.39, 0.29) is 30.7 Å². The maximum absolute atomic E-state index is 11.7. The standard InChI is InChI=1S/C9H18F3NO3S/c1-3-17(14,15)6-8(2)13-4-5-16-7-9(10,11)12/h8,13H,3-7H2,1-2H3. The van der Waals surface area contributed by atoms with Crippen LogP contribution in [0.25, 0.3) is 0 Å². The van der Waals surface area contributed by atoms with Crippen LogP contribution in [0.15, 0.2) is 0 Å². The average molecular weight is 277 g/mol. The first-order valence-corrected chi connectivity index (χ1v) is 7.06. The summed E-state index contributed by atoms with van der Waals surface area (Å²) < 4.78 is 61.8. The molecule has 0 aliphatic rings. The van der Waals surface area contributed by atoms with Crippen LogP contribution < -0.4 is 5.32 Å². The second-order valence-electron chi connectivity index (χ2n) is 3.72. The highest BCUT2D eigenvalue weighted by atomic mass is 32.2. The van der Waals surface area contributed by atoms with Crippen LogP contribution in [0.1, 0.15) is 13.8 Å². The van der Waals surface area contributed by atoms with Gasteiger partial charge in [-0.1, -0.05) is 6.92 Å². The Balaban J connectivity index is 3.63. The van der Waals surface area contributed by atoms with Gasteiger partial charge in [0, 0.05) is 18.3 Å². The lowest BCUT2D eigenvalue weighted by molar-refractivity contribution is -0.173. The molecule has 0 spiro atoms. The van der Waals surface area contributed by atoms with Gasteiger partial charge in [-0.25, -0.2) is 8.42 Å². The van der Waals surface area contributed by atoms with Gasteiger partial charge in [0.1, 0.15) is 6.61 Å². The van der Waals surface area contributed by atoms with E-state index in [0.717, 1.165) is 0 Å². The monoisotopic (exact) mass is 277 g/mol. The molecular weight excluding hydrogens is 259 g/mol. The van der Waals surface area contributed by atoms with E-state index in [1.165, 1.54) is 0 Å². The summed E-state index contributed by atoms with van der Waals surface area (Å²) in [7, 11) is -3.07. The number of alkyl halides is 3. The van der Waals surface area contributed by atoms with Crippen molar-refractivity contribution in [2.75, 3.05) is 31.3 Å². The smallest absolute Gasteiger partial charge is 0.371 e. The Hall–Kier alpha value is -0.340. The molecule has 0 rings (SSSR count). The molecule has 1 unspecified atom stereocenters. The molecule has 8 heteroatoms. The summed E-state index contributed by atoms with van der Waals surface area (Å²) in [6, 6.07) is -0.297. The molecular formula is C9H18F3NO3S. The van der Waals surface area contributed by atoms with E-state index >= 15 is 0 Å². The van der Waals surface area contributed by atoms with Gasteiger partial charge in [0.05, 0.1) is 12.4 Å². The Morgan fingerprint density at radius 1 is 1.35 bits per heavy atom. The van der Waals surface area contributed by atoms with Gasteiger partial charge in [-0.05, 0) is 6.92 Å². The van der Waals surface area contributed by atoms with Crippen molar-refractivity contribution in [3.8, 4) is 0 Å². The van der Waals surface area contributed by atoms with Gasteiger partial charge in [0.2, 0.25) is 0 Å². The average Bonchev–Trinajstić information content (AvgIpc) is 2.14. The van der Waals surface area contributed by atoms with Gasteiger partial charge in [-0.3, -0.25) is 0 Å². The van der Waals surface area contributed by atoms with E-state index < -0.39 is 22.6 Å². The number of sulfone groups is 1. The van der Waals surface area contributed by atoms with E-state index in [1.54, 1.807) is 13.8 Å². The molecule has 0 aromatic carbocycles. The lowest BCUT2D eigenvalue weighted by atomic mass is 10.4. The van der Waals surface area contributed by atoms with Crippen molar-refractivity contribution in [1.29, 1.82) is 0 Å². The quantitative estimate of drug-likeness (QED) is 0.672. The van der Waals surface area contributed by atoms with E-state index in [4.69, 9.17) is 0 Å². The van der Waals surface area contributed by atoms with Crippen LogP contribution in [0.5, 0.6) is 0 Å². The van der Waals surface area contributed by atoms with Crippen LogP contribution in [0.3, 0.4) is 0 Å². The lowest BCUT2D eigenvalue weighted by Crippen LogP contribution is -2.36. The fourth-order valence-corrected chi connectivity index (χ4v) is 2.24. The van der Waals surface area contributed by atoms with Crippen LogP contribution in [-0.2, 0) is 14.6 Å². The summed E-state index contributed by atoms with van der Waals surface area (Å²) in [6.45, 7) is 2.02. The molecule has 0 fully saturated rings. The summed E-state index contributed by atoms with van der Waals surface area (Å²) >= 11 is 0. The van der Waals surface area contributed by atoms with Crippen molar-refractivity contribution < 1.29 is 26.3 Å². The largest absolute Gasteiger partial charge is 0.411 e. The first-order chi connectivity index (χ1) is 7.66. The minimum atomic E-state index is -4.32. The summed E-state index contributed by atoms with van der Waals surface area (Å²) in [5.74, 6) is 0.0341. The normalized spacial score (nSPS) is 14.9. The fraction of sp³-hybridized carbons (Fsp3) is 1.00. The lowest BCUT2D eigenvalue weighted by Gasteiger charge is -2.14. The van der Waals surface area contributed by atoms with Crippen LogP contribution in [0, 0.1) is 0 Å². The first-order valence-electron chi connectivity index (χ1n) is 5.24. The zero-order valence-corrected chi connectivity index (χ0v) is 10.7. The number of rotatable bonds is 8. The van der Waals surface area contributed by atoms with Crippen LogP contribution >= 0.6 is 0 Å². The van der Waals surface area contributed by atoms with Crippen molar-refractivity contribution in [3.05, 3.63) is 0 Å². The number of nitrogens with one attached hydrogen (secondary N) is 1. The number of hydrogen-bond acceptors (Lipinski definition) is 4. The predicted molar refractivity (Wildman–Crippen MR) is 58.7 cm³/mol. The van der Waals surface area contributed by atoms with Crippen LogP contribution in [0.4, 0.5) is 13.2 Å². The third-order valence-electron chi connectivity index (χ3n) is 1.95. The van der Waals surface area contributed by atoms with Crippen molar-refractivity contribution in [1.82, 2.24) is 5.32 Å². The van der Waals surface area contributed by atoms with E-state index in [2.05, 4.69) is 10.1 Å². The van der Waals surface area contributed by atoms with Crippen LogP contribution in [-0.4, -0.2) is 51.9 Å².